The Balaban J connectivity index is 0.906. The van der Waals surface area contributed by atoms with Crippen LogP contribution in [0.15, 0.2) is 164 Å². The third-order valence-electron chi connectivity index (χ3n) is 15.6. The molecule has 0 unspecified atom stereocenters. The second-order valence-corrected chi connectivity index (χ2v) is 20.6. The minimum atomic E-state index is -0.0986. The molecule has 8 aromatic rings. The van der Waals surface area contributed by atoms with Crippen LogP contribution in [-0.2, 0) is 21.7 Å². The van der Waals surface area contributed by atoms with E-state index in [1.807, 2.05) is 0 Å². The summed E-state index contributed by atoms with van der Waals surface area (Å²) >= 11 is 0. The summed E-state index contributed by atoms with van der Waals surface area (Å²) in [5.41, 5.74) is 25.3. The first-order valence-electron chi connectivity index (χ1n) is 22.8. The van der Waals surface area contributed by atoms with Crippen LogP contribution in [-0.4, -0.2) is 0 Å². The average Bonchev–Trinajstić information content (AvgIpc) is 3.87. The number of nitrogens with zero attached hydrogens (tertiary/aromatic N) is 1. The van der Waals surface area contributed by atoms with Crippen molar-refractivity contribution in [3.8, 4) is 22.3 Å². The molecule has 0 heterocycles. The lowest BCUT2D eigenvalue weighted by Crippen LogP contribution is -2.19. The van der Waals surface area contributed by atoms with Crippen LogP contribution >= 0.6 is 0 Å². The van der Waals surface area contributed by atoms with Gasteiger partial charge in [0.1, 0.15) is 0 Å². The van der Waals surface area contributed by atoms with E-state index in [9.17, 15) is 0 Å². The Morgan fingerprint density at radius 1 is 0.302 bits per heavy atom. The number of allylic oxidation sites excluding steroid dienone is 2. The highest BCUT2D eigenvalue weighted by atomic mass is 15.1. The fraction of sp³-hybridized carbons (Fsp3) is 0.194. The zero-order chi connectivity index (χ0) is 43.2. The van der Waals surface area contributed by atoms with Gasteiger partial charge in [0.05, 0.1) is 0 Å². The molecule has 306 valence electrons. The lowest BCUT2D eigenvalue weighted by Gasteiger charge is -2.30. The third kappa shape index (κ3) is 5.29. The van der Waals surface area contributed by atoms with Crippen molar-refractivity contribution in [1.82, 2.24) is 0 Å². The van der Waals surface area contributed by atoms with Gasteiger partial charge in [0, 0.05) is 38.7 Å². The molecule has 0 amide bonds. The largest absolute Gasteiger partial charge is 0.310 e. The summed E-state index contributed by atoms with van der Waals surface area (Å²) in [6, 6.07) is 62.1. The maximum Gasteiger partial charge on any atom is 0.0468 e. The number of hydrogen-bond acceptors (Lipinski definition) is 1. The van der Waals surface area contributed by atoms with Gasteiger partial charge in [-0.1, -0.05) is 189 Å². The van der Waals surface area contributed by atoms with E-state index in [2.05, 4.69) is 236 Å². The van der Waals surface area contributed by atoms with Crippen LogP contribution in [0.4, 0.5) is 17.1 Å². The Labute approximate surface area is 373 Å². The minimum absolute atomic E-state index is 0.0109. The highest BCUT2D eigenvalue weighted by molar-refractivity contribution is 6.09. The van der Waals surface area contributed by atoms with Crippen LogP contribution in [0.5, 0.6) is 0 Å². The van der Waals surface area contributed by atoms with Crippen molar-refractivity contribution in [3.63, 3.8) is 0 Å². The van der Waals surface area contributed by atoms with Crippen LogP contribution in [0.2, 0.25) is 0 Å². The number of benzene rings is 8. The van der Waals surface area contributed by atoms with E-state index in [1.165, 1.54) is 111 Å². The molecule has 0 aromatic heterocycles. The van der Waals surface area contributed by atoms with Crippen molar-refractivity contribution in [2.45, 2.75) is 77.0 Å². The smallest absolute Gasteiger partial charge is 0.0468 e. The molecule has 12 rings (SSSR count). The molecule has 4 aliphatic rings. The summed E-state index contributed by atoms with van der Waals surface area (Å²) in [6.45, 7) is 19.1. The predicted octanol–water partition coefficient (Wildman–Crippen LogP) is 16.6. The molecular formula is C62H53N. The fourth-order valence-electron chi connectivity index (χ4n) is 12.3. The Bertz CT molecular complexity index is 3240. The van der Waals surface area contributed by atoms with Crippen LogP contribution in [0, 0.1) is 0 Å². The van der Waals surface area contributed by atoms with Crippen molar-refractivity contribution in [3.05, 3.63) is 219 Å². The molecule has 63 heavy (non-hydrogen) atoms. The van der Waals surface area contributed by atoms with Crippen molar-refractivity contribution in [2.75, 3.05) is 4.90 Å². The van der Waals surface area contributed by atoms with E-state index < -0.39 is 0 Å². The van der Waals surface area contributed by atoms with Crippen molar-refractivity contribution in [1.29, 1.82) is 0 Å². The first-order valence-corrected chi connectivity index (χ1v) is 22.8. The Morgan fingerprint density at radius 2 is 0.667 bits per heavy atom. The van der Waals surface area contributed by atoms with Crippen molar-refractivity contribution >= 4 is 51.1 Å². The average molecular weight is 812 g/mol. The second kappa shape index (κ2) is 12.9. The number of fused-ring (bicyclic) bond motifs is 11. The standard InChI is InChI=1S/C62H53N/c1-59(2)51-18-12-9-15-45(51)47-31-28-43(36-55(47)59)63(44-29-32-48-46-16-10-13-19-52(46)60(3,4)56(48)37-44)42-27-26-40-33-38(23-25-41(40)35-42)21-22-39-24-30-50-54(34-39)62(7,8)57-49-17-11-14-20-53(49)61(5,6)58(50)57/h9-37H,1-8H3/b22-21+. The van der Waals surface area contributed by atoms with Gasteiger partial charge in [-0.25, -0.2) is 0 Å². The number of rotatable bonds is 5. The highest BCUT2D eigenvalue weighted by Gasteiger charge is 2.49. The molecule has 0 N–H and O–H groups in total. The monoisotopic (exact) mass is 811 g/mol. The summed E-state index contributed by atoms with van der Waals surface area (Å²) < 4.78 is 0. The topological polar surface area (TPSA) is 3.24 Å². The lowest BCUT2D eigenvalue weighted by molar-refractivity contribution is 0.660. The molecule has 0 spiro atoms. The molecule has 4 aliphatic carbocycles. The Hall–Kier alpha value is -6.70. The fourth-order valence-corrected chi connectivity index (χ4v) is 12.3. The van der Waals surface area contributed by atoms with Gasteiger partial charge < -0.3 is 4.90 Å². The lowest BCUT2D eigenvalue weighted by atomic mass is 9.75. The molecular weight excluding hydrogens is 759 g/mol. The minimum Gasteiger partial charge on any atom is -0.310 e. The summed E-state index contributed by atoms with van der Waals surface area (Å²) in [5.74, 6) is 0. The molecule has 0 saturated carbocycles. The summed E-state index contributed by atoms with van der Waals surface area (Å²) in [6.07, 6.45) is 4.57. The predicted molar refractivity (Wildman–Crippen MR) is 268 cm³/mol. The van der Waals surface area contributed by atoms with E-state index in [-0.39, 0.29) is 21.7 Å². The van der Waals surface area contributed by atoms with Gasteiger partial charge in [0.25, 0.3) is 0 Å². The van der Waals surface area contributed by atoms with Gasteiger partial charge in [-0.2, -0.15) is 0 Å². The molecule has 1 nitrogen and oxygen atoms in total. The summed E-state index contributed by atoms with van der Waals surface area (Å²) in [4.78, 5) is 2.48. The van der Waals surface area contributed by atoms with Gasteiger partial charge in [-0.15, -0.1) is 0 Å². The molecule has 8 aromatic carbocycles. The normalized spacial score (nSPS) is 17.3. The van der Waals surface area contributed by atoms with Gasteiger partial charge >= 0.3 is 0 Å². The van der Waals surface area contributed by atoms with Crippen molar-refractivity contribution in [2.24, 2.45) is 0 Å². The molecule has 0 saturated heterocycles. The maximum atomic E-state index is 2.48. The highest BCUT2D eigenvalue weighted by Crippen LogP contribution is 2.62. The van der Waals surface area contributed by atoms with Crippen LogP contribution in [0.3, 0.4) is 0 Å². The Kier molecular flexibility index (Phi) is 7.80. The third-order valence-corrected chi connectivity index (χ3v) is 15.6. The SMILES string of the molecule is CC1(C)C2=C(c3ccccc31)C(C)(C)c1cc(/C=C/c3ccc4cc(N(c5ccc6c(c5)C(C)(C)c5ccccc5-6)c5ccc6c(c5)C(C)(C)c5ccccc5-6)ccc4c3)ccc12. The first kappa shape index (κ1) is 38.0. The van der Waals surface area contributed by atoms with Crippen molar-refractivity contribution < 1.29 is 0 Å². The van der Waals surface area contributed by atoms with Gasteiger partial charge in [-0.3, -0.25) is 0 Å². The summed E-state index contributed by atoms with van der Waals surface area (Å²) in [7, 11) is 0. The second-order valence-electron chi connectivity index (χ2n) is 20.6. The molecule has 1 heteroatoms. The molecule has 0 radical (unpaired) electrons. The molecule has 0 aliphatic heterocycles. The van der Waals surface area contributed by atoms with Gasteiger partial charge in [0.2, 0.25) is 0 Å². The molecule has 0 atom stereocenters. The summed E-state index contributed by atoms with van der Waals surface area (Å²) in [5, 5.41) is 2.45. The molecule has 0 fully saturated rings. The van der Waals surface area contributed by atoms with E-state index in [0.29, 0.717) is 0 Å². The van der Waals surface area contributed by atoms with E-state index in [1.54, 1.807) is 0 Å². The number of anilines is 3. The zero-order valence-electron chi connectivity index (χ0n) is 37.7. The van der Waals surface area contributed by atoms with Crippen LogP contribution < -0.4 is 4.90 Å². The van der Waals surface area contributed by atoms with Gasteiger partial charge in [0.15, 0.2) is 0 Å². The van der Waals surface area contributed by atoms with E-state index in [4.69, 9.17) is 0 Å². The maximum absolute atomic E-state index is 2.48. The Morgan fingerprint density at radius 3 is 1.25 bits per heavy atom. The van der Waals surface area contributed by atoms with E-state index in [0.717, 1.165) is 5.69 Å². The molecule has 0 bridgehead atoms. The zero-order valence-corrected chi connectivity index (χ0v) is 37.7. The van der Waals surface area contributed by atoms with Crippen LogP contribution in [0.1, 0.15) is 111 Å². The first-order chi connectivity index (χ1) is 30.2. The van der Waals surface area contributed by atoms with Gasteiger partial charge in [-0.05, 0) is 142 Å². The quantitative estimate of drug-likeness (QED) is 0.157. The van der Waals surface area contributed by atoms with Crippen LogP contribution in [0.25, 0.3) is 56.3 Å². The van der Waals surface area contributed by atoms with E-state index >= 15 is 0 Å². The number of hydrogen-bond donors (Lipinski definition) is 0.